The molecule has 0 spiro atoms. The lowest BCUT2D eigenvalue weighted by atomic mass is 9.90. The first kappa shape index (κ1) is 16.4. The molecule has 1 aliphatic rings. The first-order valence-electron chi connectivity index (χ1n) is 9.06. The highest BCUT2D eigenvalue weighted by Crippen LogP contribution is 2.36. The molecule has 0 N–H and O–H groups in total. The van der Waals surface area contributed by atoms with E-state index in [0.29, 0.717) is 0 Å². The molecule has 0 saturated heterocycles. The van der Waals surface area contributed by atoms with Gasteiger partial charge in [0.25, 0.3) is 0 Å². The number of rotatable bonds is 7. The second-order valence-electron chi connectivity index (χ2n) is 6.63. The van der Waals surface area contributed by atoms with Crippen molar-refractivity contribution in [3.63, 3.8) is 0 Å². The molecule has 1 aromatic carbocycles. The third kappa shape index (κ3) is 5.37. The van der Waals surface area contributed by atoms with Crippen LogP contribution in [-0.4, -0.2) is 6.61 Å². The second kappa shape index (κ2) is 9.12. The standard InChI is InChI=1S/C20H32O/c1-3-5-16-21-20-14-12-19(13-15-20)18-9-6-8-17(7-4-2)10-11-18/h12-15,17-18H,3-11,16H2,1-2H3/t17-,18-/m1/s1. The number of benzene rings is 1. The van der Waals surface area contributed by atoms with Crippen molar-refractivity contribution in [2.45, 2.75) is 77.6 Å². The van der Waals surface area contributed by atoms with Crippen LogP contribution in [0, 0.1) is 5.92 Å². The molecule has 1 heteroatoms. The molecule has 1 fully saturated rings. The molecular formula is C20H32O. The van der Waals surface area contributed by atoms with Crippen LogP contribution >= 0.6 is 0 Å². The van der Waals surface area contributed by atoms with E-state index >= 15 is 0 Å². The topological polar surface area (TPSA) is 9.23 Å². The van der Waals surface area contributed by atoms with Crippen molar-refractivity contribution in [3.05, 3.63) is 29.8 Å². The third-order valence-electron chi connectivity index (χ3n) is 4.90. The van der Waals surface area contributed by atoms with Gasteiger partial charge in [0.15, 0.2) is 0 Å². The minimum Gasteiger partial charge on any atom is -0.494 e. The summed E-state index contributed by atoms with van der Waals surface area (Å²) in [6.45, 7) is 5.36. The van der Waals surface area contributed by atoms with E-state index in [0.717, 1.165) is 30.6 Å². The molecule has 1 saturated carbocycles. The van der Waals surface area contributed by atoms with E-state index in [-0.39, 0.29) is 0 Å². The van der Waals surface area contributed by atoms with Crippen molar-refractivity contribution >= 4 is 0 Å². The van der Waals surface area contributed by atoms with E-state index in [1.54, 1.807) is 0 Å². The van der Waals surface area contributed by atoms with E-state index in [9.17, 15) is 0 Å². The van der Waals surface area contributed by atoms with Crippen LogP contribution < -0.4 is 4.74 Å². The minimum absolute atomic E-state index is 0.775. The van der Waals surface area contributed by atoms with E-state index in [4.69, 9.17) is 4.74 Å². The van der Waals surface area contributed by atoms with Gasteiger partial charge >= 0.3 is 0 Å². The number of hydrogen-bond acceptors (Lipinski definition) is 1. The van der Waals surface area contributed by atoms with Gasteiger partial charge < -0.3 is 4.74 Å². The fourth-order valence-electron chi connectivity index (χ4n) is 3.58. The Balaban J connectivity index is 1.86. The summed E-state index contributed by atoms with van der Waals surface area (Å²) in [5, 5.41) is 0. The Morgan fingerprint density at radius 3 is 2.48 bits per heavy atom. The average Bonchev–Trinajstić information content (AvgIpc) is 2.74. The molecule has 0 amide bonds. The van der Waals surface area contributed by atoms with Crippen LogP contribution in [0.25, 0.3) is 0 Å². The highest BCUT2D eigenvalue weighted by molar-refractivity contribution is 5.29. The van der Waals surface area contributed by atoms with Gasteiger partial charge in [-0.25, -0.2) is 0 Å². The summed E-state index contributed by atoms with van der Waals surface area (Å²) >= 11 is 0. The van der Waals surface area contributed by atoms with Crippen molar-refractivity contribution in [1.82, 2.24) is 0 Å². The fraction of sp³-hybridized carbons (Fsp3) is 0.700. The summed E-state index contributed by atoms with van der Waals surface area (Å²) in [7, 11) is 0. The molecule has 0 bridgehead atoms. The van der Waals surface area contributed by atoms with Crippen LogP contribution in [0.1, 0.15) is 83.1 Å². The smallest absolute Gasteiger partial charge is 0.119 e. The predicted octanol–water partition coefficient (Wildman–Crippen LogP) is 6.33. The van der Waals surface area contributed by atoms with E-state index in [2.05, 4.69) is 38.1 Å². The molecule has 118 valence electrons. The van der Waals surface area contributed by atoms with Gasteiger partial charge in [-0.05, 0) is 55.2 Å². The summed E-state index contributed by atoms with van der Waals surface area (Å²) in [5.41, 5.74) is 1.52. The molecule has 0 unspecified atom stereocenters. The monoisotopic (exact) mass is 288 g/mol. The van der Waals surface area contributed by atoms with Gasteiger partial charge in [-0.2, -0.15) is 0 Å². The predicted molar refractivity (Wildman–Crippen MR) is 91.1 cm³/mol. The lowest BCUT2D eigenvalue weighted by Gasteiger charge is -2.16. The molecule has 1 nitrogen and oxygen atoms in total. The van der Waals surface area contributed by atoms with Gasteiger partial charge in [0, 0.05) is 0 Å². The van der Waals surface area contributed by atoms with Crippen LogP contribution in [0.2, 0.25) is 0 Å². The summed E-state index contributed by atoms with van der Waals surface area (Å²) in [6.07, 6.45) is 12.1. The molecule has 0 aromatic heterocycles. The second-order valence-corrected chi connectivity index (χ2v) is 6.63. The number of hydrogen-bond donors (Lipinski definition) is 0. The Bertz CT molecular complexity index is 381. The zero-order chi connectivity index (χ0) is 14.9. The zero-order valence-corrected chi connectivity index (χ0v) is 13.9. The fourth-order valence-corrected chi connectivity index (χ4v) is 3.58. The maximum absolute atomic E-state index is 5.76. The van der Waals surface area contributed by atoms with E-state index in [1.807, 2.05) is 0 Å². The maximum Gasteiger partial charge on any atom is 0.119 e. The van der Waals surface area contributed by atoms with Gasteiger partial charge in [-0.1, -0.05) is 58.1 Å². The highest BCUT2D eigenvalue weighted by atomic mass is 16.5. The lowest BCUT2D eigenvalue weighted by molar-refractivity contribution is 0.309. The quantitative estimate of drug-likeness (QED) is 0.421. The maximum atomic E-state index is 5.76. The highest BCUT2D eigenvalue weighted by Gasteiger charge is 2.19. The van der Waals surface area contributed by atoms with Crippen molar-refractivity contribution in [2.24, 2.45) is 5.92 Å². The molecular weight excluding hydrogens is 256 g/mol. The molecule has 0 aliphatic heterocycles. The molecule has 2 atom stereocenters. The van der Waals surface area contributed by atoms with E-state index < -0.39 is 0 Å². The van der Waals surface area contributed by atoms with Crippen LogP contribution in [0.15, 0.2) is 24.3 Å². The first-order valence-corrected chi connectivity index (χ1v) is 9.06. The average molecular weight is 288 g/mol. The molecule has 2 rings (SSSR count). The Morgan fingerprint density at radius 2 is 1.76 bits per heavy atom. The Kier molecular flexibility index (Phi) is 7.12. The summed E-state index contributed by atoms with van der Waals surface area (Å²) in [4.78, 5) is 0. The first-order chi connectivity index (χ1) is 10.3. The van der Waals surface area contributed by atoms with Crippen LogP contribution in [-0.2, 0) is 0 Å². The number of unbranched alkanes of at least 4 members (excludes halogenated alkanes) is 1. The minimum atomic E-state index is 0.775. The number of ether oxygens (including phenoxy) is 1. The van der Waals surface area contributed by atoms with Crippen LogP contribution in [0.4, 0.5) is 0 Å². The van der Waals surface area contributed by atoms with Gasteiger partial charge in [-0.3, -0.25) is 0 Å². The van der Waals surface area contributed by atoms with E-state index in [1.165, 1.54) is 56.9 Å². The Morgan fingerprint density at radius 1 is 0.952 bits per heavy atom. The zero-order valence-electron chi connectivity index (χ0n) is 13.9. The summed E-state index contributed by atoms with van der Waals surface area (Å²) < 4.78 is 5.76. The SMILES string of the molecule is CCCCOc1ccc([C@@H]2CCC[C@@H](CCC)CC2)cc1. The van der Waals surface area contributed by atoms with Crippen molar-refractivity contribution in [2.75, 3.05) is 6.61 Å². The summed E-state index contributed by atoms with van der Waals surface area (Å²) in [6, 6.07) is 8.93. The van der Waals surface area contributed by atoms with Crippen LogP contribution in [0.5, 0.6) is 5.75 Å². The van der Waals surface area contributed by atoms with Crippen molar-refractivity contribution in [3.8, 4) is 5.75 Å². The molecule has 1 aliphatic carbocycles. The molecule has 21 heavy (non-hydrogen) atoms. The van der Waals surface area contributed by atoms with Crippen LogP contribution in [0.3, 0.4) is 0 Å². The van der Waals surface area contributed by atoms with Gasteiger partial charge in [0.1, 0.15) is 5.75 Å². The van der Waals surface area contributed by atoms with Gasteiger partial charge in [0.2, 0.25) is 0 Å². The molecule has 1 aromatic rings. The summed E-state index contributed by atoms with van der Waals surface area (Å²) in [5.74, 6) is 2.79. The van der Waals surface area contributed by atoms with Gasteiger partial charge in [0.05, 0.1) is 6.61 Å². The molecule has 0 radical (unpaired) electrons. The Hall–Kier alpha value is -0.980. The largest absolute Gasteiger partial charge is 0.494 e. The van der Waals surface area contributed by atoms with Gasteiger partial charge in [-0.15, -0.1) is 0 Å². The van der Waals surface area contributed by atoms with Crippen molar-refractivity contribution in [1.29, 1.82) is 0 Å². The van der Waals surface area contributed by atoms with Crippen molar-refractivity contribution < 1.29 is 4.74 Å². The normalized spacial score (nSPS) is 22.8. The molecule has 0 heterocycles. The Labute approximate surface area is 131 Å². The third-order valence-corrected chi connectivity index (χ3v) is 4.90. The lowest BCUT2D eigenvalue weighted by Crippen LogP contribution is -2.00.